The topological polar surface area (TPSA) is 180 Å². The van der Waals surface area contributed by atoms with Gasteiger partial charge in [0.2, 0.25) is 5.82 Å². The number of hydrogen-bond donors (Lipinski definition) is 2. The molecule has 7 aromatic rings. The van der Waals surface area contributed by atoms with Crippen molar-refractivity contribution in [1.29, 1.82) is 0 Å². The van der Waals surface area contributed by atoms with E-state index in [1.165, 1.54) is 30.2 Å². The molecule has 0 bridgehead atoms. The predicted molar refractivity (Wildman–Crippen MR) is 297 cm³/mol. The first-order chi connectivity index (χ1) is 37.0. The lowest BCUT2D eigenvalue weighted by atomic mass is 10.0. The summed E-state index contributed by atoms with van der Waals surface area (Å²) in [5.41, 5.74) is 6.52. The summed E-state index contributed by atoms with van der Waals surface area (Å²) in [6, 6.07) is 18.8. The maximum Gasteiger partial charge on any atom is 0.415 e. The zero-order chi connectivity index (χ0) is 56.2. The summed E-state index contributed by atoms with van der Waals surface area (Å²) in [7, 11) is 3.11. The molecule has 20 heteroatoms. The van der Waals surface area contributed by atoms with E-state index in [0.717, 1.165) is 64.2 Å². The van der Waals surface area contributed by atoms with Crippen LogP contribution in [-0.4, -0.2) is 107 Å². The number of nitrogens with one attached hydrogen (secondary N) is 2. The van der Waals surface area contributed by atoms with Gasteiger partial charge in [0.05, 0.1) is 67.7 Å². The van der Waals surface area contributed by atoms with E-state index in [9.17, 15) is 28.0 Å². The summed E-state index contributed by atoms with van der Waals surface area (Å²) in [5, 5.41) is 6.05. The number of carbonyl (C=O) groups is 4. The van der Waals surface area contributed by atoms with Crippen LogP contribution in [0.1, 0.15) is 99.1 Å². The Balaban J connectivity index is 0.000000210. The highest BCUT2D eigenvalue weighted by Crippen LogP contribution is 2.37. The molecule has 2 aliphatic carbocycles. The number of ether oxygens (including phenoxy) is 5. The van der Waals surface area contributed by atoms with Gasteiger partial charge in [0.15, 0.2) is 22.9 Å². The molecule has 4 heterocycles. The van der Waals surface area contributed by atoms with Crippen molar-refractivity contribution in [2.45, 2.75) is 104 Å². The number of fused-ring (bicyclic) bond motifs is 2. The van der Waals surface area contributed by atoms with Crippen molar-refractivity contribution < 1.29 is 51.6 Å². The highest BCUT2D eigenvalue weighted by atomic mass is 79.9. The molecule has 2 N–H and O–H groups in total. The second-order valence-corrected chi connectivity index (χ2v) is 22.2. The number of halogens is 3. The molecule has 2 aliphatic rings. The number of aromatic nitrogens is 4. The van der Waals surface area contributed by atoms with Gasteiger partial charge in [-0.25, -0.2) is 23.9 Å². The van der Waals surface area contributed by atoms with E-state index in [2.05, 4.69) is 36.5 Å². The fraction of sp³-hybridized carbons (Fsp3) is 0.379. The third kappa shape index (κ3) is 13.8. The van der Waals surface area contributed by atoms with Crippen LogP contribution < -0.4 is 25.2 Å². The quantitative estimate of drug-likeness (QED) is 0.0940. The van der Waals surface area contributed by atoms with Crippen LogP contribution >= 0.6 is 15.9 Å². The van der Waals surface area contributed by atoms with E-state index < -0.39 is 35.0 Å². The monoisotopic (exact) mass is 1130 g/mol. The minimum absolute atomic E-state index is 0.0362. The van der Waals surface area contributed by atoms with Crippen LogP contribution in [0.2, 0.25) is 0 Å². The van der Waals surface area contributed by atoms with Gasteiger partial charge in [-0.1, -0.05) is 18.2 Å². The lowest BCUT2D eigenvalue weighted by Crippen LogP contribution is -2.39. The number of rotatable bonds is 16. The average Bonchev–Trinajstić information content (AvgIpc) is 4.34. The van der Waals surface area contributed by atoms with Crippen molar-refractivity contribution in [2.75, 3.05) is 50.3 Å². The predicted octanol–water partition coefficient (Wildman–Crippen LogP) is 12.0. The molecule has 0 atom stereocenters. The number of anilines is 2. The first-order valence-electron chi connectivity index (χ1n) is 25.6. The molecule has 0 aliphatic heterocycles. The molecule has 17 nitrogen and oxygen atoms in total. The normalized spacial score (nSPS) is 13.4. The van der Waals surface area contributed by atoms with Gasteiger partial charge in [0.25, 0.3) is 11.8 Å². The first kappa shape index (κ1) is 56.8. The molecule has 9 rings (SSSR count). The summed E-state index contributed by atoms with van der Waals surface area (Å²) in [6.07, 6.45) is 9.85. The number of benzene rings is 3. The van der Waals surface area contributed by atoms with Crippen molar-refractivity contribution in [1.82, 2.24) is 29.4 Å². The zero-order valence-corrected chi connectivity index (χ0v) is 47.0. The Kier molecular flexibility index (Phi) is 17.2. The van der Waals surface area contributed by atoms with E-state index in [1.54, 1.807) is 61.8 Å². The second-order valence-electron chi connectivity index (χ2n) is 21.2. The molecule has 0 saturated heterocycles. The van der Waals surface area contributed by atoms with E-state index in [0.29, 0.717) is 58.7 Å². The van der Waals surface area contributed by atoms with Crippen molar-refractivity contribution in [2.24, 2.45) is 0 Å². The Bertz CT molecular complexity index is 3380. The fourth-order valence-electron chi connectivity index (χ4n) is 8.41. The number of hydrogen-bond acceptors (Lipinski definition) is 11. The fourth-order valence-corrected chi connectivity index (χ4v) is 8.83. The Hall–Kier alpha value is -7.42. The summed E-state index contributed by atoms with van der Waals surface area (Å²) in [6.45, 7) is 15.5. The van der Waals surface area contributed by atoms with Gasteiger partial charge in [-0.05, 0) is 151 Å². The van der Waals surface area contributed by atoms with Crippen molar-refractivity contribution in [3.05, 3.63) is 130 Å². The van der Waals surface area contributed by atoms with Crippen LogP contribution in [0, 0.1) is 25.5 Å². The number of aryl methyl sites for hydroxylation is 2. The summed E-state index contributed by atoms with van der Waals surface area (Å²) in [5.74, 6) is -2.56. The number of amides is 4. The Morgan fingerprint density at radius 1 is 0.667 bits per heavy atom. The molecule has 3 aromatic carbocycles. The maximum absolute atomic E-state index is 14.6. The number of imidazole rings is 2. The largest absolute Gasteiger partial charge is 0.453 e. The molecule has 0 radical (unpaired) electrons. The number of carbonyl (C=O) groups excluding carboxylic acids is 4. The SMILES string of the molecule is COCCN(C(=O)OC(C)(C)C)c1cc(Br)cn2c(-c3ccc(C(=O)NC4CC4)c(C)c3)cnc12.COCCN(C(=O)OC(C)(C)C)c1cc(Oc2cccc(F)c2F)cn2c(-c3ccc(C(=O)NC4CC4)c(C)c3)cnc12. The van der Waals surface area contributed by atoms with E-state index in [4.69, 9.17) is 23.7 Å². The van der Waals surface area contributed by atoms with E-state index >= 15 is 0 Å². The molecule has 0 spiro atoms. The van der Waals surface area contributed by atoms with Crippen molar-refractivity contribution >= 4 is 62.6 Å². The maximum atomic E-state index is 14.6. The van der Waals surface area contributed by atoms with Gasteiger partial charge in [-0.15, -0.1) is 0 Å². The summed E-state index contributed by atoms with van der Waals surface area (Å²) >= 11 is 3.58. The van der Waals surface area contributed by atoms with Gasteiger partial charge in [-0.3, -0.25) is 28.2 Å². The lowest BCUT2D eigenvalue weighted by Gasteiger charge is -2.28. The minimum Gasteiger partial charge on any atom is -0.453 e. The van der Waals surface area contributed by atoms with Crippen LogP contribution in [-0.2, 0) is 18.9 Å². The highest BCUT2D eigenvalue weighted by molar-refractivity contribution is 9.10. The lowest BCUT2D eigenvalue weighted by molar-refractivity contribution is 0.0559. The number of nitrogens with zero attached hydrogens (tertiary/aromatic N) is 6. The molecule has 412 valence electrons. The zero-order valence-electron chi connectivity index (χ0n) is 45.5. The summed E-state index contributed by atoms with van der Waals surface area (Å²) in [4.78, 5) is 63.9. The van der Waals surface area contributed by atoms with Crippen molar-refractivity contribution in [3.63, 3.8) is 0 Å². The molecular formula is C58H65BrF2N8O9. The third-order valence-electron chi connectivity index (χ3n) is 12.5. The van der Waals surface area contributed by atoms with Gasteiger partial charge >= 0.3 is 12.2 Å². The smallest absolute Gasteiger partial charge is 0.415 e. The Labute approximate surface area is 460 Å². The molecule has 2 fully saturated rings. The van der Waals surface area contributed by atoms with Gasteiger partial charge in [0.1, 0.15) is 17.0 Å². The van der Waals surface area contributed by atoms with Gasteiger partial charge in [0, 0.05) is 65.3 Å². The van der Waals surface area contributed by atoms with Crippen LogP contribution in [0.4, 0.5) is 29.7 Å². The van der Waals surface area contributed by atoms with Crippen LogP contribution in [0.25, 0.3) is 33.8 Å². The van der Waals surface area contributed by atoms with Crippen molar-refractivity contribution in [3.8, 4) is 34.0 Å². The molecule has 2 saturated carbocycles. The molecule has 4 amide bonds. The molecule has 4 aromatic heterocycles. The average molecular weight is 1140 g/mol. The van der Waals surface area contributed by atoms with Crippen LogP contribution in [0.5, 0.6) is 11.5 Å². The third-order valence-corrected chi connectivity index (χ3v) is 12.9. The Morgan fingerprint density at radius 3 is 1.56 bits per heavy atom. The summed E-state index contributed by atoms with van der Waals surface area (Å²) < 4.78 is 60.7. The minimum atomic E-state index is -1.14. The van der Waals surface area contributed by atoms with E-state index in [1.807, 2.05) is 81.6 Å². The van der Waals surface area contributed by atoms with Crippen LogP contribution in [0.3, 0.4) is 0 Å². The number of methoxy groups -OCH3 is 2. The highest BCUT2D eigenvalue weighted by Gasteiger charge is 2.30. The second kappa shape index (κ2) is 23.7. The van der Waals surface area contributed by atoms with Gasteiger partial charge < -0.3 is 34.3 Å². The van der Waals surface area contributed by atoms with Crippen LogP contribution in [0.15, 0.2) is 96.0 Å². The first-order valence-corrected chi connectivity index (χ1v) is 26.4. The molecule has 78 heavy (non-hydrogen) atoms. The van der Waals surface area contributed by atoms with Gasteiger partial charge in [-0.2, -0.15) is 4.39 Å². The molecule has 0 unspecified atom stereocenters. The van der Waals surface area contributed by atoms with E-state index in [-0.39, 0.29) is 42.5 Å². The Morgan fingerprint density at radius 2 is 1.13 bits per heavy atom. The molecular weight excluding hydrogens is 1070 g/mol. The standard InChI is InChI=1S/C32H34F2N4O5.C26H31BrN4O4/c1-19-15-20(9-12-23(19)30(39)36-21-10-11-21)26-17-35-29-25(37(13-14-41-5)31(40)43-32(2,3)4)16-22(18-38(26)29)42-27-8-6-7-24(33)28(27)34;1-16-12-17(6-9-20(16)24(32)29-19-7-8-19)22-14-28-23-21(13-18(27)15-31(22)23)30(10-11-34-5)25(33)35-26(2,3)4/h6-9,12,15-18,21H,10-11,13-14H2,1-5H3,(H,36,39);6,9,12-15,19H,7-8,10-11H2,1-5H3,(H,29,32). The number of pyridine rings is 2.